The molecule has 4 atom stereocenters. The molecule has 1 fully saturated rings. The second kappa shape index (κ2) is 23.3. The highest BCUT2D eigenvalue weighted by Gasteiger charge is 2.54. The van der Waals surface area contributed by atoms with Gasteiger partial charge in [-0.25, -0.2) is 9.65 Å². The van der Waals surface area contributed by atoms with E-state index in [9.17, 15) is 24.4 Å². The molecule has 1 aliphatic rings. The zero-order chi connectivity index (χ0) is 52.8. The highest BCUT2D eigenvalue weighted by atomic mass is 31.2. The number of aliphatic hydroxyl groups is 1. The maximum atomic E-state index is 14.6. The summed E-state index contributed by atoms with van der Waals surface area (Å²) in [5, 5.41) is 15.9. The van der Waals surface area contributed by atoms with E-state index in [0.29, 0.717) is 22.8 Å². The van der Waals surface area contributed by atoms with Crippen molar-refractivity contribution >= 4 is 37.5 Å². The summed E-state index contributed by atoms with van der Waals surface area (Å²) in [4.78, 5) is 64.9. The quantitative estimate of drug-likeness (QED) is 0.0336. The van der Waals surface area contributed by atoms with Crippen LogP contribution in [-0.2, 0) is 24.4 Å². The van der Waals surface area contributed by atoms with E-state index in [0.717, 1.165) is 16.7 Å². The Morgan fingerprint density at radius 2 is 1.36 bits per heavy atom. The minimum atomic E-state index is -2.43. The SMILES string of the molecule is COc1ccc(C(=O)NCCN(C(=O)C(C)C)c2nc3c(ncn3[C@H]3C[C@](O)(OP(O)N(C(C)C)C(C)C)[C@@H](COC(c4ccccc4)(c4ccc(OC)cc4)c4ccc(OC)cc4)O3)c(=O)n2C(C)C)cc1. The number of methoxy groups -OCH3 is 3. The number of anilines is 1. The number of hydrogen-bond acceptors (Lipinski definition) is 14. The maximum Gasteiger partial charge on any atom is 0.283 e. The van der Waals surface area contributed by atoms with Crippen molar-refractivity contribution in [3.8, 4) is 17.2 Å². The number of nitrogens with one attached hydrogen (secondary N) is 1. The lowest BCUT2D eigenvalue weighted by Crippen LogP contribution is -2.46. The number of amides is 2. The Balaban J connectivity index is 1.31. The number of imidazole rings is 1. The van der Waals surface area contributed by atoms with Crippen LogP contribution in [0.2, 0.25) is 0 Å². The molecule has 390 valence electrons. The number of benzene rings is 4. The first-order valence-electron chi connectivity index (χ1n) is 24.4. The lowest BCUT2D eigenvalue weighted by molar-refractivity contribution is -0.200. The monoisotopic (exact) mass is 1020 g/mol. The van der Waals surface area contributed by atoms with Crippen molar-refractivity contribution in [2.45, 2.75) is 104 Å². The first-order valence-corrected chi connectivity index (χ1v) is 25.6. The minimum absolute atomic E-state index is 0.00716. The third kappa shape index (κ3) is 11.5. The molecule has 0 bridgehead atoms. The largest absolute Gasteiger partial charge is 0.497 e. The summed E-state index contributed by atoms with van der Waals surface area (Å²) in [5.74, 6) is -1.52. The summed E-state index contributed by atoms with van der Waals surface area (Å²) in [7, 11) is 2.30. The zero-order valence-corrected chi connectivity index (χ0v) is 44.3. The van der Waals surface area contributed by atoms with Crippen LogP contribution in [0, 0.1) is 5.92 Å². The van der Waals surface area contributed by atoms with Gasteiger partial charge in [-0.3, -0.25) is 32.9 Å². The van der Waals surface area contributed by atoms with Crippen LogP contribution in [-0.4, -0.2) is 111 Å². The number of ether oxygens (including phenoxy) is 5. The van der Waals surface area contributed by atoms with E-state index in [-0.39, 0.29) is 67.1 Å². The molecule has 2 amide bonds. The van der Waals surface area contributed by atoms with Gasteiger partial charge in [0.2, 0.25) is 17.6 Å². The molecule has 19 heteroatoms. The van der Waals surface area contributed by atoms with Crippen LogP contribution < -0.4 is 30.0 Å². The van der Waals surface area contributed by atoms with Crippen molar-refractivity contribution in [2.24, 2.45) is 5.92 Å². The number of carbonyl (C=O) groups excluding carboxylic acids is 2. The topological polar surface area (TPSA) is 201 Å². The van der Waals surface area contributed by atoms with Crippen molar-refractivity contribution < 1.29 is 47.8 Å². The van der Waals surface area contributed by atoms with Gasteiger partial charge in [-0.15, -0.1) is 0 Å². The van der Waals surface area contributed by atoms with Crippen LogP contribution in [0.5, 0.6) is 17.2 Å². The molecule has 1 saturated heterocycles. The predicted octanol–water partition coefficient (Wildman–Crippen LogP) is 7.96. The normalized spacial score (nSPS) is 17.5. The first-order chi connectivity index (χ1) is 34.9. The molecule has 0 aliphatic carbocycles. The fraction of sp³-hybridized carbons (Fsp3) is 0.426. The fourth-order valence-corrected chi connectivity index (χ4v) is 10.6. The zero-order valence-electron chi connectivity index (χ0n) is 43.4. The second-order valence-electron chi connectivity index (χ2n) is 19.0. The van der Waals surface area contributed by atoms with Gasteiger partial charge in [-0.2, -0.15) is 4.98 Å². The van der Waals surface area contributed by atoms with Gasteiger partial charge in [0, 0.05) is 42.7 Å². The van der Waals surface area contributed by atoms with E-state index < -0.39 is 49.8 Å². The molecule has 2 aromatic heterocycles. The second-order valence-corrected chi connectivity index (χ2v) is 20.1. The molecule has 6 aromatic rings. The van der Waals surface area contributed by atoms with E-state index in [4.69, 9.17) is 33.2 Å². The Morgan fingerprint density at radius 3 is 1.86 bits per heavy atom. The highest BCUT2D eigenvalue weighted by Crippen LogP contribution is 2.51. The molecule has 4 aromatic carbocycles. The van der Waals surface area contributed by atoms with Crippen LogP contribution in [0.4, 0.5) is 5.95 Å². The number of rotatable bonds is 22. The molecule has 3 N–H and O–H groups in total. The van der Waals surface area contributed by atoms with Crippen LogP contribution in [0.15, 0.2) is 114 Å². The third-order valence-corrected chi connectivity index (χ3v) is 14.6. The number of hydrogen-bond donors (Lipinski definition) is 3. The Morgan fingerprint density at radius 1 is 0.822 bits per heavy atom. The molecule has 0 radical (unpaired) electrons. The van der Waals surface area contributed by atoms with Crippen LogP contribution in [0.25, 0.3) is 11.2 Å². The van der Waals surface area contributed by atoms with Crippen LogP contribution in [0.3, 0.4) is 0 Å². The Labute approximate surface area is 427 Å². The molecular formula is C54H68N7O11P. The van der Waals surface area contributed by atoms with E-state index in [1.54, 1.807) is 78.0 Å². The van der Waals surface area contributed by atoms with Crippen molar-refractivity contribution in [3.63, 3.8) is 0 Å². The molecule has 1 unspecified atom stereocenters. The Kier molecular flexibility index (Phi) is 17.4. The van der Waals surface area contributed by atoms with Gasteiger partial charge in [-0.1, -0.05) is 68.4 Å². The van der Waals surface area contributed by atoms with Gasteiger partial charge in [-0.05, 0) is 107 Å². The van der Waals surface area contributed by atoms with Gasteiger partial charge >= 0.3 is 0 Å². The molecular weight excluding hydrogens is 954 g/mol. The number of aromatic nitrogens is 4. The number of nitrogens with zero attached hydrogens (tertiary/aromatic N) is 6. The Hall–Kier alpha value is -6.24. The standard InChI is InChI=1S/C54H68N7O11P/c1-34(2)50(63)58(30-29-55-49(62)38-17-23-42(67-9)24-18-38)52-57-48-47(51(64)60(52)35(3)4)56-33-59(48)46-31-53(65,72-73(66)61(36(5)6)37(7)8)45(71-46)32-70-54(39-15-13-12-14-16-39,40-19-25-43(68-10)26-20-40)41-21-27-44(69-11)28-22-41/h12-28,33-37,45-46,65-66H,29-32H2,1-11H3,(H,55,62)/t45-,46-,53+,73?/m1/s1. The summed E-state index contributed by atoms with van der Waals surface area (Å²) in [6, 6.07) is 30.6. The Bertz CT molecular complexity index is 2800. The summed E-state index contributed by atoms with van der Waals surface area (Å²) >= 11 is 0. The minimum Gasteiger partial charge on any atom is -0.497 e. The predicted molar refractivity (Wildman–Crippen MR) is 279 cm³/mol. The van der Waals surface area contributed by atoms with Gasteiger partial charge < -0.3 is 39.0 Å². The average Bonchev–Trinajstić information content (AvgIpc) is 3.95. The van der Waals surface area contributed by atoms with E-state index >= 15 is 0 Å². The summed E-state index contributed by atoms with van der Waals surface area (Å²) in [6.45, 7) is 14.5. The lowest BCUT2D eigenvalue weighted by atomic mass is 9.80. The third-order valence-electron chi connectivity index (χ3n) is 12.8. The number of fused-ring (bicyclic) bond motifs is 1. The van der Waals surface area contributed by atoms with E-state index in [1.165, 1.54) is 20.4 Å². The molecule has 0 saturated carbocycles. The molecule has 1 aliphatic heterocycles. The van der Waals surface area contributed by atoms with Crippen molar-refractivity contribution in [1.82, 2.24) is 29.1 Å². The van der Waals surface area contributed by atoms with E-state index in [1.807, 2.05) is 107 Å². The van der Waals surface area contributed by atoms with Crippen LogP contribution in [0.1, 0.15) is 101 Å². The van der Waals surface area contributed by atoms with Crippen molar-refractivity contribution in [2.75, 3.05) is 45.9 Å². The van der Waals surface area contributed by atoms with Gasteiger partial charge in [0.15, 0.2) is 11.2 Å². The molecule has 3 heterocycles. The summed E-state index contributed by atoms with van der Waals surface area (Å²) < 4.78 is 41.6. The van der Waals surface area contributed by atoms with Crippen molar-refractivity contribution in [3.05, 3.63) is 142 Å². The van der Waals surface area contributed by atoms with Gasteiger partial charge in [0.1, 0.15) is 35.2 Å². The van der Waals surface area contributed by atoms with Gasteiger partial charge in [0.05, 0.1) is 40.7 Å². The lowest BCUT2D eigenvalue weighted by Gasteiger charge is -2.40. The smallest absolute Gasteiger partial charge is 0.283 e. The highest BCUT2D eigenvalue weighted by molar-refractivity contribution is 7.43. The van der Waals surface area contributed by atoms with E-state index in [2.05, 4.69) is 10.3 Å². The molecule has 73 heavy (non-hydrogen) atoms. The molecule has 0 spiro atoms. The summed E-state index contributed by atoms with van der Waals surface area (Å²) in [5.41, 5.74) is 0.854. The average molecular weight is 1020 g/mol. The molecule has 7 rings (SSSR count). The first kappa shape index (κ1) is 54.5. The maximum absolute atomic E-state index is 14.6. The fourth-order valence-electron chi connectivity index (χ4n) is 9.19. The van der Waals surface area contributed by atoms with Crippen LogP contribution >= 0.6 is 8.53 Å². The van der Waals surface area contributed by atoms with Gasteiger partial charge in [0.25, 0.3) is 20.0 Å². The van der Waals surface area contributed by atoms with Crippen molar-refractivity contribution in [1.29, 1.82) is 0 Å². The summed E-state index contributed by atoms with van der Waals surface area (Å²) in [6.07, 6.45) is -1.24. The number of carbonyl (C=O) groups is 2. The molecule has 18 nitrogen and oxygen atoms in total.